The molecule has 1 spiro atoms. The van der Waals surface area contributed by atoms with E-state index in [0.717, 1.165) is 68.7 Å². The van der Waals surface area contributed by atoms with E-state index in [1.165, 1.54) is 7.11 Å². The average Bonchev–Trinajstić information content (AvgIpc) is 3.23. The Bertz CT molecular complexity index is 659. The molecular formula is C19H26N2O4S. The molecule has 6 nitrogen and oxygen atoms in total. The van der Waals surface area contributed by atoms with Gasteiger partial charge in [0, 0.05) is 37.6 Å². The number of carbonyl (C=O) groups is 1. The highest BCUT2D eigenvalue weighted by Crippen LogP contribution is 2.47. The molecule has 1 saturated carbocycles. The summed E-state index contributed by atoms with van der Waals surface area (Å²) in [7, 11) is 1.41. The van der Waals surface area contributed by atoms with Crippen LogP contribution in [0.15, 0.2) is 18.2 Å². The maximum Gasteiger partial charge on any atom is 0.305 e. The average molecular weight is 378 g/mol. The minimum Gasteiger partial charge on any atom is -0.469 e. The molecule has 0 aromatic heterocycles. The number of hydrogen-bond donors (Lipinski definition) is 2. The summed E-state index contributed by atoms with van der Waals surface area (Å²) in [5.74, 6) is 0.992. The standard InChI is InChI=1S/C19H26N2O4S/c1-23-17(22)7-3-2-6-12-20-18(26)21-14-8-9-15-16(13-14)25-19(24-15)10-4-5-11-19/h8-9,13H,2-7,10-12H2,1H3,(H2,20,21,26). The molecule has 2 N–H and O–H groups in total. The van der Waals surface area contributed by atoms with E-state index >= 15 is 0 Å². The lowest BCUT2D eigenvalue weighted by Gasteiger charge is -2.21. The third kappa shape index (κ3) is 4.78. The Morgan fingerprint density at radius 1 is 1.19 bits per heavy atom. The fourth-order valence-electron chi connectivity index (χ4n) is 3.34. The van der Waals surface area contributed by atoms with Crippen molar-refractivity contribution in [3.63, 3.8) is 0 Å². The molecule has 0 atom stereocenters. The summed E-state index contributed by atoms with van der Waals surface area (Å²) in [5.41, 5.74) is 0.880. The van der Waals surface area contributed by atoms with Crippen LogP contribution >= 0.6 is 12.2 Å². The van der Waals surface area contributed by atoms with Crippen molar-refractivity contribution >= 4 is 29.0 Å². The van der Waals surface area contributed by atoms with Crippen molar-refractivity contribution in [3.8, 4) is 11.5 Å². The summed E-state index contributed by atoms with van der Waals surface area (Å²) in [6.07, 6.45) is 7.38. The van der Waals surface area contributed by atoms with E-state index in [-0.39, 0.29) is 5.97 Å². The molecule has 1 aromatic carbocycles. The van der Waals surface area contributed by atoms with Gasteiger partial charge in [0.1, 0.15) is 0 Å². The zero-order chi connectivity index (χ0) is 18.4. The van der Waals surface area contributed by atoms with Crippen LogP contribution in [0.2, 0.25) is 0 Å². The van der Waals surface area contributed by atoms with Gasteiger partial charge in [-0.2, -0.15) is 0 Å². The first-order valence-electron chi connectivity index (χ1n) is 9.24. The Morgan fingerprint density at radius 2 is 1.96 bits per heavy atom. The molecule has 1 aromatic rings. The van der Waals surface area contributed by atoms with Gasteiger partial charge >= 0.3 is 5.97 Å². The zero-order valence-electron chi connectivity index (χ0n) is 15.1. The Labute approximate surface area is 159 Å². The van der Waals surface area contributed by atoms with Gasteiger partial charge in [-0.15, -0.1) is 0 Å². The van der Waals surface area contributed by atoms with E-state index in [0.29, 0.717) is 11.5 Å². The highest BCUT2D eigenvalue weighted by atomic mass is 32.1. The van der Waals surface area contributed by atoms with Crippen LogP contribution in [-0.4, -0.2) is 30.5 Å². The number of thiocarbonyl (C=S) groups is 1. The number of fused-ring (bicyclic) bond motifs is 1. The van der Waals surface area contributed by atoms with Gasteiger partial charge in [0.2, 0.25) is 0 Å². The van der Waals surface area contributed by atoms with E-state index in [1.807, 2.05) is 18.2 Å². The predicted molar refractivity (Wildman–Crippen MR) is 104 cm³/mol. The monoisotopic (exact) mass is 378 g/mol. The van der Waals surface area contributed by atoms with Crippen LogP contribution in [0.1, 0.15) is 51.4 Å². The van der Waals surface area contributed by atoms with E-state index < -0.39 is 5.79 Å². The van der Waals surface area contributed by atoms with Gasteiger partial charge in [0.15, 0.2) is 16.6 Å². The smallest absolute Gasteiger partial charge is 0.305 e. The molecule has 0 amide bonds. The fourth-order valence-corrected chi connectivity index (χ4v) is 3.56. The van der Waals surface area contributed by atoms with Crippen molar-refractivity contribution in [1.82, 2.24) is 5.32 Å². The molecule has 26 heavy (non-hydrogen) atoms. The number of carbonyl (C=O) groups excluding carboxylic acids is 1. The van der Waals surface area contributed by atoms with Crippen LogP contribution < -0.4 is 20.1 Å². The van der Waals surface area contributed by atoms with Crippen molar-refractivity contribution in [2.45, 2.75) is 57.2 Å². The third-order valence-corrected chi connectivity index (χ3v) is 4.98. The minimum atomic E-state index is -0.441. The number of nitrogens with one attached hydrogen (secondary N) is 2. The highest BCUT2D eigenvalue weighted by molar-refractivity contribution is 7.80. The molecule has 0 saturated heterocycles. The number of esters is 1. The number of unbranched alkanes of at least 4 members (excludes halogenated alkanes) is 2. The van der Waals surface area contributed by atoms with E-state index in [2.05, 4.69) is 15.4 Å². The van der Waals surface area contributed by atoms with Crippen LogP contribution in [-0.2, 0) is 9.53 Å². The van der Waals surface area contributed by atoms with Crippen molar-refractivity contribution < 1.29 is 19.0 Å². The summed E-state index contributed by atoms with van der Waals surface area (Å²) in [5, 5.41) is 6.94. The Morgan fingerprint density at radius 3 is 2.73 bits per heavy atom. The van der Waals surface area contributed by atoms with Crippen molar-refractivity contribution in [1.29, 1.82) is 0 Å². The highest BCUT2D eigenvalue weighted by Gasteiger charge is 2.44. The number of methoxy groups -OCH3 is 1. The first-order chi connectivity index (χ1) is 12.6. The minimum absolute atomic E-state index is 0.155. The van der Waals surface area contributed by atoms with Crippen LogP contribution in [0.3, 0.4) is 0 Å². The maximum atomic E-state index is 11.0. The van der Waals surface area contributed by atoms with Gasteiger partial charge in [-0.3, -0.25) is 4.79 Å². The molecule has 7 heteroatoms. The van der Waals surface area contributed by atoms with Gasteiger partial charge in [-0.05, 0) is 50.0 Å². The van der Waals surface area contributed by atoms with E-state index in [9.17, 15) is 4.79 Å². The first-order valence-corrected chi connectivity index (χ1v) is 9.65. The fraction of sp³-hybridized carbons (Fsp3) is 0.579. The van der Waals surface area contributed by atoms with Crippen molar-refractivity contribution in [2.24, 2.45) is 0 Å². The van der Waals surface area contributed by atoms with Gasteiger partial charge in [-0.1, -0.05) is 6.42 Å². The van der Waals surface area contributed by atoms with Crippen molar-refractivity contribution in [2.75, 3.05) is 19.0 Å². The summed E-state index contributed by atoms with van der Waals surface area (Å²) >= 11 is 5.33. The predicted octanol–water partition coefficient (Wildman–Crippen LogP) is 3.75. The molecule has 3 rings (SSSR count). The Hall–Kier alpha value is -2.02. The molecule has 0 bridgehead atoms. The lowest BCUT2D eigenvalue weighted by atomic mass is 10.2. The lowest BCUT2D eigenvalue weighted by molar-refractivity contribution is -0.140. The summed E-state index contributed by atoms with van der Waals surface area (Å²) < 4.78 is 16.7. The number of hydrogen-bond acceptors (Lipinski definition) is 5. The number of benzene rings is 1. The molecule has 2 aliphatic rings. The molecule has 142 valence electrons. The Kier molecular flexibility index (Phi) is 6.19. The van der Waals surface area contributed by atoms with E-state index in [1.54, 1.807) is 0 Å². The molecule has 0 unspecified atom stereocenters. The number of rotatable bonds is 7. The summed E-state index contributed by atoms with van der Waals surface area (Å²) in [4.78, 5) is 11.0. The first kappa shape index (κ1) is 18.8. The molecule has 1 fully saturated rings. The van der Waals surface area contributed by atoms with Crippen LogP contribution in [0, 0.1) is 0 Å². The number of anilines is 1. The van der Waals surface area contributed by atoms with Crippen LogP contribution in [0.5, 0.6) is 11.5 Å². The van der Waals surface area contributed by atoms with Gasteiger partial charge in [0.25, 0.3) is 5.79 Å². The molecular weight excluding hydrogens is 352 g/mol. The van der Waals surface area contributed by atoms with E-state index in [4.69, 9.17) is 21.7 Å². The van der Waals surface area contributed by atoms with Gasteiger partial charge in [-0.25, -0.2) is 0 Å². The normalized spacial score (nSPS) is 16.5. The topological polar surface area (TPSA) is 68.8 Å². The van der Waals surface area contributed by atoms with Gasteiger partial charge in [0.05, 0.1) is 7.11 Å². The lowest BCUT2D eigenvalue weighted by Crippen LogP contribution is -2.34. The number of ether oxygens (including phenoxy) is 3. The van der Waals surface area contributed by atoms with Crippen molar-refractivity contribution in [3.05, 3.63) is 18.2 Å². The quantitative estimate of drug-likeness (QED) is 0.425. The second-order valence-electron chi connectivity index (χ2n) is 6.75. The summed E-state index contributed by atoms with van der Waals surface area (Å²) in [6, 6.07) is 5.81. The summed E-state index contributed by atoms with van der Waals surface area (Å²) in [6.45, 7) is 0.765. The molecule has 1 aliphatic carbocycles. The third-order valence-electron chi connectivity index (χ3n) is 4.73. The van der Waals surface area contributed by atoms with Crippen LogP contribution in [0.4, 0.5) is 5.69 Å². The second kappa shape index (κ2) is 8.58. The Balaban J connectivity index is 1.38. The van der Waals surface area contributed by atoms with Gasteiger partial charge < -0.3 is 24.8 Å². The SMILES string of the molecule is COC(=O)CCCCCNC(=S)Nc1ccc2c(c1)OC1(CCCC1)O2. The largest absolute Gasteiger partial charge is 0.469 e. The molecule has 0 radical (unpaired) electrons. The molecule has 1 heterocycles. The maximum absolute atomic E-state index is 11.0. The zero-order valence-corrected chi connectivity index (χ0v) is 16.0. The van der Waals surface area contributed by atoms with Crippen LogP contribution in [0.25, 0.3) is 0 Å². The second-order valence-corrected chi connectivity index (χ2v) is 7.16. The molecule has 1 aliphatic heterocycles.